The van der Waals surface area contributed by atoms with E-state index in [9.17, 15) is 0 Å². The van der Waals surface area contributed by atoms with Gasteiger partial charge in [-0.3, -0.25) is 4.68 Å². The Balaban J connectivity index is 2.05. The predicted octanol–water partition coefficient (Wildman–Crippen LogP) is 2.09. The largest absolute Gasteiger partial charge is 0.383 e. The summed E-state index contributed by atoms with van der Waals surface area (Å²) < 4.78 is 6.80. The molecule has 0 atom stereocenters. The standard InChI is InChI=1S/C11H11N5OS/c1-6-4-18-5-8(6)10-14-11(17-15-10)7-3-13-16(2)9(7)12/h3-5H,12H2,1-2H3. The molecular weight excluding hydrogens is 250 g/mol. The van der Waals surface area contributed by atoms with Gasteiger partial charge in [0, 0.05) is 18.0 Å². The third kappa shape index (κ3) is 1.60. The minimum absolute atomic E-state index is 0.390. The van der Waals surface area contributed by atoms with Crippen LogP contribution in [-0.4, -0.2) is 19.9 Å². The number of nitrogens with zero attached hydrogens (tertiary/aromatic N) is 4. The summed E-state index contributed by atoms with van der Waals surface area (Å²) in [6.45, 7) is 2.01. The molecule has 0 saturated carbocycles. The zero-order chi connectivity index (χ0) is 12.7. The number of nitrogen functional groups attached to an aromatic ring is 1. The monoisotopic (exact) mass is 261 g/mol. The smallest absolute Gasteiger partial charge is 0.263 e. The number of rotatable bonds is 2. The molecule has 0 radical (unpaired) electrons. The average Bonchev–Trinajstić information content (AvgIpc) is 3.02. The molecule has 0 aliphatic carbocycles. The SMILES string of the molecule is Cc1cscc1-c1noc(-c2cnn(C)c2N)n1. The fourth-order valence-electron chi connectivity index (χ4n) is 1.64. The molecular formula is C11H11N5OS. The molecule has 0 aliphatic heterocycles. The topological polar surface area (TPSA) is 82.8 Å². The van der Waals surface area contributed by atoms with Crippen molar-refractivity contribution in [3.8, 4) is 22.8 Å². The van der Waals surface area contributed by atoms with Crippen LogP contribution >= 0.6 is 11.3 Å². The number of aryl methyl sites for hydroxylation is 2. The number of nitrogens with two attached hydrogens (primary N) is 1. The Morgan fingerprint density at radius 2 is 2.17 bits per heavy atom. The Kier molecular flexibility index (Phi) is 2.41. The molecule has 3 aromatic heterocycles. The van der Waals surface area contributed by atoms with Crippen molar-refractivity contribution in [3.63, 3.8) is 0 Å². The second-order valence-corrected chi connectivity index (χ2v) is 4.70. The summed E-state index contributed by atoms with van der Waals surface area (Å²) in [6, 6.07) is 0. The minimum Gasteiger partial charge on any atom is -0.383 e. The minimum atomic E-state index is 0.390. The molecule has 92 valence electrons. The van der Waals surface area contributed by atoms with Gasteiger partial charge in [-0.2, -0.15) is 21.4 Å². The molecule has 0 bridgehead atoms. The second-order valence-electron chi connectivity index (χ2n) is 3.96. The van der Waals surface area contributed by atoms with Gasteiger partial charge in [0.15, 0.2) is 0 Å². The van der Waals surface area contributed by atoms with E-state index in [1.165, 1.54) is 0 Å². The highest BCUT2D eigenvalue weighted by Crippen LogP contribution is 2.28. The number of anilines is 1. The van der Waals surface area contributed by atoms with Gasteiger partial charge in [-0.15, -0.1) is 0 Å². The van der Waals surface area contributed by atoms with Gasteiger partial charge in [0.2, 0.25) is 5.82 Å². The Morgan fingerprint density at radius 1 is 1.33 bits per heavy atom. The first kappa shape index (κ1) is 11.0. The van der Waals surface area contributed by atoms with Crippen LogP contribution in [0.4, 0.5) is 5.82 Å². The van der Waals surface area contributed by atoms with E-state index in [-0.39, 0.29) is 0 Å². The zero-order valence-electron chi connectivity index (χ0n) is 9.91. The van der Waals surface area contributed by atoms with E-state index in [0.717, 1.165) is 11.1 Å². The van der Waals surface area contributed by atoms with Gasteiger partial charge in [0.05, 0.1) is 6.20 Å². The van der Waals surface area contributed by atoms with Crippen molar-refractivity contribution in [2.24, 2.45) is 7.05 Å². The van der Waals surface area contributed by atoms with Crippen molar-refractivity contribution in [2.75, 3.05) is 5.73 Å². The van der Waals surface area contributed by atoms with E-state index in [2.05, 4.69) is 15.2 Å². The lowest BCUT2D eigenvalue weighted by atomic mass is 10.2. The third-order valence-corrected chi connectivity index (χ3v) is 3.60. The Bertz CT molecular complexity index is 696. The molecule has 0 aromatic carbocycles. The van der Waals surface area contributed by atoms with Crippen LogP contribution in [-0.2, 0) is 7.05 Å². The maximum atomic E-state index is 5.87. The van der Waals surface area contributed by atoms with Gasteiger partial charge in [0.25, 0.3) is 5.89 Å². The molecule has 7 heteroatoms. The molecule has 0 unspecified atom stereocenters. The summed E-state index contributed by atoms with van der Waals surface area (Å²) in [6.07, 6.45) is 1.62. The first-order valence-corrected chi connectivity index (χ1v) is 6.26. The van der Waals surface area contributed by atoms with Crippen molar-refractivity contribution in [2.45, 2.75) is 6.92 Å². The van der Waals surface area contributed by atoms with Crippen LogP contribution in [0.1, 0.15) is 5.56 Å². The fraction of sp³-hybridized carbons (Fsp3) is 0.182. The lowest BCUT2D eigenvalue weighted by Gasteiger charge is -1.93. The lowest BCUT2D eigenvalue weighted by Crippen LogP contribution is -1.98. The molecule has 0 aliphatic rings. The Labute approximate surface area is 107 Å². The Morgan fingerprint density at radius 3 is 2.78 bits per heavy atom. The molecule has 3 heterocycles. The summed E-state index contributed by atoms with van der Waals surface area (Å²) in [5, 5.41) is 12.1. The third-order valence-electron chi connectivity index (χ3n) is 2.74. The van der Waals surface area contributed by atoms with Crippen molar-refractivity contribution >= 4 is 17.2 Å². The summed E-state index contributed by atoms with van der Waals surface area (Å²) in [5.74, 6) is 1.47. The average molecular weight is 261 g/mol. The number of aromatic nitrogens is 4. The molecule has 3 aromatic rings. The molecule has 3 rings (SSSR count). The molecule has 0 spiro atoms. The van der Waals surface area contributed by atoms with Gasteiger partial charge in [-0.25, -0.2) is 0 Å². The molecule has 0 fully saturated rings. The molecule has 6 nitrogen and oxygen atoms in total. The van der Waals surface area contributed by atoms with Gasteiger partial charge >= 0.3 is 0 Å². The summed E-state index contributed by atoms with van der Waals surface area (Å²) >= 11 is 1.61. The van der Waals surface area contributed by atoms with E-state index in [0.29, 0.717) is 23.1 Å². The maximum Gasteiger partial charge on any atom is 0.263 e. The van der Waals surface area contributed by atoms with Crippen molar-refractivity contribution in [1.29, 1.82) is 0 Å². The molecule has 0 amide bonds. The van der Waals surface area contributed by atoms with E-state index in [1.807, 2.05) is 17.7 Å². The zero-order valence-corrected chi connectivity index (χ0v) is 10.7. The van der Waals surface area contributed by atoms with Crippen molar-refractivity contribution < 1.29 is 4.52 Å². The quantitative estimate of drug-likeness (QED) is 0.763. The summed E-state index contributed by atoms with van der Waals surface area (Å²) in [5.41, 5.74) is 8.64. The summed E-state index contributed by atoms with van der Waals surface area (Å²) in [4.78, 5) is 4.35. The van der Waals surface area contributed by atoms with Crippen LogP contribution in [0.15, 0.2) is 21.5 Å². The van der Waals surface area contributed by atoms with Gasteiger partial charge in [0.1, 0.15) is 11.4 Å². The number of hydrogen-bond donors (Lipinski definition) is 1. The maximum absolute atomic E-state index is 5.87. The van der Waals surface area contributed by atoms with Gasteiger partial charge in [-0.05, 0) is 17.9 Å². The van der Waals surface area contributed by atoms with Crippen LogP contribution < -0.4 is 5.73 Å². The number of thiophene rings is 1. The highest BCUT2D eigenvalue weighted by molar-refractivity contribution is 7.08. The van der Waals surface area contributed by atoms with Crippen molar-refractivity contribution in [1.82, 2.24) is 19.9 Å². The highest BCUT2D eigenvalue weighted by atomic mass is 32.1. The number of hydrogen-bond acceptors (Lipinski definition) is 6. The highest BCUT2D eigenvalue weighted by Gasteiger charge is 2.16. The fourth-order valence-corrected chi connectivity index (χ4v) is 2.47. The van der Waals surface area contributed by atoms with Crippen LogP contribution in [0.5, 0.6) is 0 Å². The molecule has 2 N–H and O–H groups in total. The predicted molar refractivity (Wildman–Crippen MR) is 69.0 cm³/mol. The summed E-state index contributed by atoms with van der Waals surface area (Å²) in [7, 11) is 1.76. The van der Waals surface area contributed by atoms with E-state index in [1.54, 1.807) is 29.3 Å². The normalized spacial score (nSPS) is 11.0. The van der Waals surface area contributed by atoms with Crippen LogP contribution in [0.2, 0.25) is 0 Å². The van der Waals surface area contributed by atoms with E-state index < -0.39 is 0 Å². The first-order valence-electron chi connectivity index (χ1n) is 5.31. The molecule has 18 heavy (non-hydrogen) atoms. The lowest BCUT2D eigenvalue weighted by molar-refractivity contribution is 0.432. The van der Waals surface area contributed by atoms with Gasteiger partial charge in [-0.1, -0.05) is 5.16 Å². The van der Waals surface area contributed by atoms with E-state index >= 15 is 0 Å². The molecule has 0 saturated heterocycles. The first-order chi connectivity index (χ1) is 8.66. The van der Waals surface area contributed by atoms with Crippen molar-refractivity contribution in [3.05, 3.63) is 22.5 Å². The van der Waals surface area contributed by atoms with Crippen LogP contribution in [0.25, 0.3) is 22.8 Å². The second kappa shape index (κ2) is 3.95. The van der Waals surface area contributed by atoms with Crippen LogP contribution in [0, 0.1) is 6.92 Å². The van der Waals surface area contributed by atoms with E-state index in [4.69, 9.17) is 10.3 Å². The Hall–Kier alpha value is -2.15. The van der Waals surface area contributed by atoms with Gasteiger partial charge < -0.3 is 10.3 Å². The van der Waals surface area contributed by atoms with Crippen LogP contribution in [0.3, 0.4) is 0 Å².